The molecule has 0 atom stereocenters. The molecule has 6 rings (SSSR count). The molecular formula is C23H29N5OS2. The van der Waals surface area contributed by atoms with Crippen molar-refractivity contribution in [2.24, 2.45) is 0 Å². The molecule has 0 fully saturated rings. The average Bonchev–Trinajstić information content (AvgIpc) is 3.61. The van der Waals surface area contributed by atoms with Gasteiger partial charge in [0, 0.05) is 4.88 Å². The Balaban J connectivity index is 0.000000153. The molecule has 5 aromatic rings. The van der Waals surface area contributed by atoms with E-state index in [4.69, 9.17) is 0 Å². The number of hydrogen-bond donors (Lipinski definition) is 0. The molecule has 6 nitrogen and oxygen atoms in total. The minimum absolute atomic E-state index is 0.803. The predicted octanol–water partition coefficient (Wildman–Crippen LogP) is 6.91. The molecule has 0 saturated carbocycles. The second-order valence-electron chi connectivity index (χ2n) is 5.96. The Kier molecular flexibility index (Phi) is 10.7. The second kappa shape index (κ2) is 13.6. The predicted molar refractivity (Wildman–Crippen MR) is 131 cm³/mol. The van der Waals surface area contributed by atoms with Crippen molar-refractivity contribution in [3.8, 4) is 0 Å². The highest BCUT2D eigenvalue weighted by atomic mass is 32.1. The van der Waals surface area contributed by atoms with Crippen LogP contribution in [0.4, 0.5) is 0 Å². The Labute approximate surface area is 191 Å². The van der Waals surface area contributed by atoms with E-state index in [0.717, 1.165) is 22.1 Å². The van der Waals surface area contributed by atoms with Crippen LogP contribution in [0.1, 0.15) is 49.7 Å². The van der Waals surface area contributed by atoms with Crippen LogP contribution in [0.25, 0.3) is 22.1 Å². The lowest BCUT2D eigenvalue weighted by Crippen LogP contribution is -1.76. The van der Waals surface area contributed by atoms with Gasteiger partial charge in [0.2, 0.25) is 0 Å². The molecule has 0 spiro atoms. The molecule has 1 aliphatic rings. The number of thiazole rings is 1. The van der Waals surface area contributed by atoms with Gasteiger partial charge in [0.05, 0.1) is 22.4 Å². The molecule has 8 heteroatoms. The van der Waals surface area contributed by atoms with E-state index in [9.17, 15) is 0 Å². The summed E-state index contributed by atoms with van der Waals surface area (Å²) in [6.07, 6.45) is 3.83. The van der Waals surface area contributed by atoms with E-state index in [0.29, 0.717) is 0 Å². The molecule has 3 heterocycles. The van der Waals surface area contributed by atoms with E-state index in [1.807, 2.05) is 87.6 Å². The summed E-state index contributed by atoms with van der Waals surface area (Å²) in [5, 5.41) is 8.50. The van der Waals surface area contributed by atoms with Gasteiger partial charge in [-0.3, -0.25) is 0 Å². The van der Waals surface area contributed by atoms with Gasteiger partial charge in [-0.05, 0) is 60.8 Å². The third-order valence-electron chi connectivity index (χ3n) is 4.02. The summed E-state index contributed by atoms with van der Waals surface area (Å²) in [7, 11) is 0. The zero-order valence-corrected chi connectivity index (χ0v) is 20.3. The normalized spacial score (nSPS) is 11.0. The smallest absolute Gasteiger partial charge is 0.135 e. The number of aryl methyl sites for hydroxylation is 3. The zero-order valence-electron chi connectivity index (χ0n) is 18.7. The number of rotatable bonds is 0. The van der Waals surface area contributed by atoms with Gasteiger partial charge < -0.3 is 0 Å². The van der Waals surface area contributed by atoms with Crippen molar-refractivity contribution in [2.75, 3.05) is 0 Å². The fourth-order valence-electron chi connectivity index (χ4n) is 2.77. The fourth-order valence-corrected chi connectivity index (χ4v) is 4.32. The van der Waals surface area contributed by atoms with Crippen LogP contribution in [0, 0.1) is 6.92 Å². The summed E-state index contributed by atoms with van der Waals surface area (Å²) >= 11 is 3.12. The summed E-state index contributed by atoms with van der Waals surface area (Å²) in [4.78, 5) is 5.94. The number of benzene rings is 2. The molecule has 3 aromatic heterocycles. The van der Waals surface area contributed by atoms with Gasteiger partial charge >= 0.3 is 0 Å². The van der Waals surface area contributed by atoms with Gasteiger partial charge in [0.1, 0.15) is 22.1 Å². The van der Waals surface area contributed by atoms with Crippen molar-refractivity contribution in [1.29, 1.82) is 0 Å². The van der Waals surface area contributed by atoms with Gasteiger partial charge in [0.15, 0.2) is 0 Å². The Morgan fingerprint density at radius 3 is 1.77 bits per heavy atom. The topological polar surface area (TPSA) is 77.6 Å². The maximum absolute atomic E-state index is 4.46. The fraction of sp³-hybridized carbons (Fsp3) is 0.348. The number of aromatic nitrogens is 5. The van der Waals surface area contributed by atoms with Crippen LogP contribution in [0.2, 0.25) is 0 Å². The van der Waals surface area contributed by atoms with E-state index >= 15 is 0 Å². The van der Waals surface area contributed by atoms with E-state index in [1.54, 1.807) is 0 Å². The first kappa shape index (κ1) is 24.6. The van der Waals surface area contributed by atoms with Crippen LogP contribution in [0.3, 0.4) is 0 Å². The lowest BCUT2D eigenvalue weighted by Gasteiger charge is -1.80. The van der Waals surface area contributed by atoms with Crippen molar-refractivity contribution in [3.63, 3.8) is 0 Å². The lowest BCUT2D eigenvalue weighted by molar-refractivity contribution is 0.315. The van der Waals surface area contributed by atoms with Crippen molar-refractivity contribution in [1.82, 2.24) is 24.0 Å². The summed E-state index contributed by atoms with van der Waals surface area (Å²) in [6, 6.07) is 15.3. The van der Waals surface area contributed by atoms with E-state index in [2.05, 4.69) is 35.6 Å². The van der Waals surface area contributed by atoms with Crippen molar-refractivity contribution in [3.05, 3.63) is 64.1 Å². The van der Waals surface area contributed by atoms with Crippen LogP contribution in [-0.2, 0) is 12.8 Å². The highest BCUT2D eigenvalue weighted by Gasteiger charge is 2.14. The van der Waals surface area contributed by atoms with Crippen LogP contribution in [0.15, 0.2) is 53.2 Å². The highest BCUT2D eigenvalue weighted by Crippen LogP contribution is 2.26. The monoisotopic (exact) mass is 455 g/mol. The molecular weight excluding hydrogens is 426 g/mol. The van der Waals surface area contributed by atoms with Gasteiger partial charge in [-0.2, -0.15) is 8.75 Å². The van der Waals surface area contributed by atoms with Crippen LogP contribution < -0.4 is 0 Å². The minimum Gasteiger partial charge on any atom is -0.246 e. The molecule has 31 heavy (non-hydrogen) atoms. The van der Waals surface area contributed by atoms with E-state index < -0.39 is 0 Å². The van der Waals surface area contributed by atoms with Gasteiger partial charge in [-0.15, -0.1) is 11.3 Å². The molecule has 0 radical (unpaired) electrons. The SMILES string of the molecule is CC.CC.Cc1nc2c(s1)CCC2.c1ccc2nonc2c1.c1ccc2nsnc2c1. The van der Waals surface area contributed by atoms with Crippen LogP contribution >= 0.6 is 23.1 Å². The van der Waals surface area contributed by atoms with Crippen molar-refractivity contribution < 1.29 is 4.63 Å². The average molecular weight is 456 g/mol. The Hall–Kier alpha value is -2.71. The second-order valence-corrected chi connectivity index (χ2v) is 7.78. The zero-order chi connectivity index (χ0) is 22.5. The summed E-state index contributed by atoms with van der Waals surface area (Å²) in [5.41, 5.74) is 4.96. The van der Waals surface area contributed by atoms with Crippen molar-refractivity contribution in [2.45, 2.75) is 53.9 Å². The Bertz CT molecular complexity index is 1000. The molecule has 0 bridgehead atoms. The minimum atomic E-state index is 0.803. The molecule has 164 valence electrons. The summed E-state index contributed by atoms with van der Waals surface area (Å²) in [5.74, 6) is 0. The molecule has 0 aliphatic heterocycles. The highest BCUT2D eigenvalue weighted by molar-refractivity contribution is 7.11. The summed E-state index contributed by atoms with van der Waals surface area (Å²) < 4.78 is 12.6. The molecule has 2 aromatic carbocycles. The molecule has 0 unspecified atom stereocenters. The third kappa shape index (κ3) is 7.18. The van der Waals surface area contributed by atoms with Gasteiger partial charge in [0.25, 0.3) is 0 Å². The van der Waals surface area contributed by atoms with Crippen LogP contribution in [-0.4, -0.2) is 24.0 Å². The Morgan fingerprint density at radius 2 is 1.26 bits per heavy atom. The quantitative estimate of drug-likeness (QED) is 0.252. The van der Waals surface area contributed by atoms with Gasteiger partial charge in [-0.25, -0.2) is 9.61 Å². The summed E-state index contributed by atoms with van der Waals surface area (Å²) in [6.45, 7) is 10.1. The van der Waals surface area contributed by atoms with E-state index in [1.165, 1.54) is 46.6 Å². The molecule has 0 N–H and O–H groups in total. The molecule has 0 amide bonds. The first-order valence-electron chi connectivity index (χ1n) is 10.6. The molecule has 1 aliphatic carbocycles. The lowest BCUT2D eigenvalue weighted by atomic mass is 10.3. The first-order valence-corrected chi connectivity index (χ1v) is 12.1. The standard InChI is InChI=1S/C7H9NS.C6H4N2O.C6H4N2S.2C2H6/c1-5-8-6-3-2-4-7(6)9-5;2*1-2-4-6-5(3-1)7-9-8-6;2*1-2/h2-4H2,1H3;2*1-4H;2*1-2H3. The third-order valence-corrected chi connectivity index (χ3v) is 5.65. The molecule has 0 saturated heterocycles. The maximum Gasteiger partial charge on any atom is 0.135 e. The Morgan fingerprint density at radius 1 is 0.742 bits per heavy atom. The largest absolute Gasteiger partial charge is 0.246 e. The number of nitrogens with zero attached hydrogens (tertiary/aromatic N) is 5. The first-order chi connectivity index (χ1) is 15.3. The van der Waals surface area contributed by atoms with Crippen molar-refractivity contribution >= 4 is 45.1 Å². The maximum atomic E-state index is 4.46. The van der Waals surface area contributed by atoms with Crippen LogP contribution in [0.5, 0.6) is 0 Å². The number of hydrogen-bond acceptors (Lipinski definition) is 8. The number of fused-ring (bicyclic) bond motifs is 3. The van der Waals surface area contributed by atoms with Gasteiger partial charge in [-0.1, -0.05) is 52.0 Å². The van der Waals surface area contributed by atoms with E-state index in [-0.39, 0.29) is 0 Å².